The summed E-state index contributed by atoms with van der Waals surface area (Å²) in [5, 5.41) is 9.98. The van der Waals surface area contributed by atoms with Crippen molar-refractivity contribution in [1.82, 2.24) is 20.6 Å². The molecule has 0 aromatic carbocycles. The Morgan fingerprint density at radius 3 is 2.60 bits per heavy atom. The van der Waals surface area contributed by atoms with Crippen LogP contribution in [0.25, 0.3) is 9.88 Å². The Balaban J connectivity index is 1.47. The smallest absolute Gasteiger partial charge is 0.270 e. The molecule has 2 N–H and O–H groups in total. The number of rotatable bonds is 6. The molecule has 0 aliphatic rings. The van der Waals surface area contributed by atoms with E-state index >= 15 is 0 Å². The molecule has 6 nitrogen and oxygen atoms in total. The number of carbonyl (C=O) groups is 2. The van der Waals surface area contributed by atoms with Crippen molar-refractivity contribution < 1.29 is 9.59 Å². The minimum absolute atomic E-state index is 0.221. The van der Waals surface area contributed by atoms with E-state index in [-0.39, 0.29) is 11.8 Å². The average molecular weight is 437 g/mol. The standard InChI is InChI=1S/C16H13BrN4O2S2/c17-11-6-13(24-8-11)16-21-12(9-25-16)15(23)20-5-4-19-14(22)10-2-1-3-18-7-10/h1-3,6-9H,4-5H2,(H,19,22)(H,20,23). The summed E-state index contributed by atoms with van der Waals surface area (Å²) in [7, 11) is 0. The number of hydrogen-bond acceptors (Lipinski definition) is 6. The van der Waals surface area contributed by atoms with Crippen molar-refractivity contribution in [3.63, 3.8) is 0 Å². The third-order valence-electron chi connectivity index (χ3n) is 3.13. The molecule has 0 unspecified atom stereocenters. The van der Waals surface area contributed by atoms with Crippen molar-refractivity contribution in [3.8, 4) is 9.88 Å². The van der Waals surface area contributed by atoms with Crippen LogP contribution in [-0.4, -0.2) is 34.9 Å². The molecule has 25 heavy (non-hydrogen) atoms. The third-order valence-corrected chi connectivity index (χ3v) is 5.84. The molecule has 0 saturated heterocycles. The van der Waals surface area contributed by atoms with Crippen LogP contribution in [0.4, 0.5) is 0 Å². The first-order chi connectivity index (χ1) is 12.1. The minimum Gasteiger partial charge on any atom is -0.350 e. The van der Waals surface area contributed by atoms with E-state index in [2.05, 4.69) is 36.5 Å². The van der Waals surface area contributed by atoms with E-state index in [1.807, 2.05) is 11.4 Å². The van der Waals surface area contributed by atoms with Crippen LogP contribution in [-0.2, 0) is 0 Å². The quantitative estimate of drug-likeness (QED) is 0.581. The molecule has 0 aliphatic heterocycles. The van der Waals surface area contributed by atoms with E-state index in [0.29, 0.717) is 24.3 Å². The molecule has 0 saturated carbocycles. The van der Waals surface area contributed by atoms with Crippen molar-refractivity contribution in [1.29, 1.82) is 0 Å². The van der Waals surface area contributed by atoms with Crippen molar-refractivity contribution in [2.24, 2.45) is 0 Å². The fraction of sp³-hybridized carbons (Fsp3) is 0.125. The molecule has 128 valence electrons. The summed E-state index contributed by atoms with van der Waals surface area (Å²) in [5.74, 6) is -0.477. The Hall–Kier alpha value is -2.10. The van der Waals surface area contributed by atoms with Crippen LogP contribution in [0.1, 0.15) is 20.8 Å². The van der Waals surface area contributed by atoms with E-state index in [4.69, 9.17) is 0 Å². The van der Waals surface area contributed by atoms with Gasteiger partial charge in [-0.05, 0) is 34.1 Å². The second-order valence-corrected chi connectivity index (χ2v) is 7.61. The second-order valence-electron chi connectivity index (χ2n) is 4.92. The number of pyridine rings is 1. The Morgan fingerprint density at radius 2 is 1.92 bits per heavy atom. The number of thiophene rings is 1. The highest BCUT2D eigenvalue weighted by Crippen LogP contribution is 2.31. The summed E-state index contributed by atoms with van der Waals surface area (Å²) in [5.41, 5.74) is 0.864. The lowest BCUT2D eigenvalue weighted by Crippen LogP contribution is -2.34. The van der Waals surface area contributed by atoms with Gasteiger partial charge in [0.25, 0.3) is 11.8 Å². The van der Waals surface area contributed by atoms with Crippen LogP contribution in [0.2, 0.25) is 0 Å². The predicted molar refractivity (Wildman–Crippen MR) is 102 cm³/mol. The molecule has 2 amide bonds. The van der Waals surface area contributed by atoms with E-state index in [9.17, 15) is 9.59 Å². The van der Waals surface area contributed by atoms with Gasteiger partial charge in [0.2, 0.25) is 0 Å². The first kappa shape index (κ1) is 17.7. The van der Waals surface area contributed by atoms with Crippen LogP contribution in [0.5, 0.6) is 0 Å². The maximum atomic E-state index is 12.1. The molecule has 0 fully saturated rings. The lowest BCUT2D eigenvalue weighted by molar-refractivity contribution is 0.0925. The molecule has 3 aromatic heterocycles. The zero-order chi connectivity index (χ0) is 17.6. The van der Waals surface area contributed by atoms with Gasteiger partial charge in [0.1, 0.15) is 10.7 Å². The largest absolute Gasteiger partial charge is 0.350 e. The summed E-state index contributed by atoms with van der Waals surface area (Å²) in [6.07, 6.45) is 3.10. The number of nitrogens with zero attached hydrogens (tertiary/aromatic N) is 2. The molecule has 3 heterocycles. The van der Waals surface area contributed by atoms with Gasteiger partial charge in [-0.1, -0.05) is 0 Å². The highest BCUT2D eigenvalue weighted by molar-refractivity contribution is 9.10. The van der Waals surface area contributed by atoms with Crippen LogP contribution >= 0.6 is 38.6 Å². The Bertz CT molecular complexity index is 879. The first-order valence-electron chi connectivity index (χ1n) is 7.30. The van der Waals surface area contributed by atoms with E-state index < -0.39 is 0 Å². The fourth-order valence-electron chi connectivity index (χ4n) is 1.96. The summed E-state index contributed by atoms with van der Waals surface area (Å²) in [6, 6.07) is 5.35. The first-order valence-corrected chi connectivity index (χ1v) is 9.85. The number of aromatic nitrogens is 2. The van der Waals surface area contributed by atoms with Crippen LogP contribution in [0, 0.1) is 0 Å². The molecule has 0 radical (unpaired) electrons. The van der Waals surface area contributed by atoms with E-state index in [1.54, 1.807) is 35.0 Å². The number of hydrogen-bond donors (Lipinski definition) is 2. The lowest BCUT2D eigenvalue weighted by Gasteiger charge is -2.05. The molecule has 3 aromatic rings. The third kappa shape index (κ3) is 4.71. The summed E-state index contributed by atoms with van der Waals surface area (Å²) in [4.78, 5) is 33.2. The predicted octanol–water partition coefficient (Wildman–Crippen LogP) is 3.19. The second kappa shape index (κ2) is 8.32. The van der Waals surface area contributed by atoms with E-state index in [1.165, 1.54) is 17.5 Å². The van der Waals surface area contributed by atoms with Crippen LogP contribution in [0.15, 0.2) is 45.8 Å². The number of amides is 2. The maximum Gasteiger partial charge on any atom is 0.270 e. The topological polar surface area (TPSA) is 84.0 Å². The SMILES string of the molecule is O=C(NCCNC(=O)c1csc(-c2cc(Br)cs2)n1)c1cccnc1. The monoisotopic (exact) mass is 436 g/mol. The van der Waals surface area contributed by atoms with Gasteiger partial charge >= 0.3 is 0 Å². The minimum atomic E-state index is -0.256. The van der Waals surface area contributed by atoms with Gasteiger partial charge < -0.3 is 10.6 Å². The maximum absolute atomic E-state index is 12.1. The Morgan fingerprint density at radius 1 is 1.12 bits per heavy atom. The molecule has 0 atom stereocenters. The number of halogens is 1. The van der Waals surface area contributed by atoms with E-state index in [0.717, 1.165) is 14.4 Å². The Kier molecular flexibility index (Phi) is 5.90. The average Bonchev–Trinajstić information content (AvgIpc) is 3.28. The van der Waals surface area contributed by atoms with Crippen LogP contribution in [0.3, 0.4) is 0 Å². The Labute approximate surface area is 160 Å². The van der Waals surface area contributed by atoms with Crippen molar-refractivity contribution in [3.05, 3.63) is 57.1 Å². The zero-order valence-electron chi connectivity index (χ0n) is 12.9. The summed E-state index contributed by atoms with van der Waals surface area (Å²) < 4.78 is 0.998. The molecular formula is C16H13BrN4O2S2. The molecule has 3 rings (SSSR count). The van der Waals surface area contributed by atoms with Crippen molar-refractivity contribution >= 4 is 50.4 Å². The van der Waals surface area contributed by atoms with Gasteiger partial charge in [0, 0.05) is 40.7 Å². The molecule has 0 spiro atoms. The molecule has 0 bridgehead atoms. The summed E-state index contributed by atoms with van der Waals surface area (Å²) in [6.45, 7) is 0.649. The van der Waals surface area contributed by atoms with Gasteiger partial charge in [0.05, 0.1) is 10.4 Å². The summed E-state index contributed by atoms with van der Waals surface area (Å²) >= 11 is 6.40. The van der Waals surface area contributed by atoms with Gasteiger partial charge in [-0.25, -0.2) is 4.98 Å². The van der Waals surface area contributed by atoms with Crippen LogP contribution < -0.4 is 10.6 Å². The number of nitrogens with one attached hydrogen (secondary N) is 2. The highest BCUT2D eigenvalue weighted by atomic mass is 79.9. The normalized spacial score (nSPS) is 10.4. The fourth-order valence-corrected chi connectivity index (χ4v) is 4.27. The highest BCUT2D eigenvalue weighted by Gasteiger charge is 2.13. The molecule has 0 aliphatic carbocycles. The van der Waals surface area contributed by atoms with Crippen molar-refractivity contribution in [2.45, 2.75) is 0 Å². The van der Waals surface area contributed by atoms with Gasteiger partial charge in [0.15, 0.2) is 0 Å². The van der Waals surface area contributed by atoms with Gasteiger partial charge in [-0.15, -0.1) is 22.7 Å². The number of carbonyl (C=O) groups excluding carboxylic acids is 2. The van der Waals surface area contributed by atoms with Crippen molar-refractivity contribution in [2.75, 3.05) is 13.1 Å². The molecule has 9 heteroatoms. The molecular weight excluding hydrogens is 424 g/mol. The lowest BCUT2D eigenvalue weighted by atomic mass is 10.3. The van der Waals surface area contributed by atoms with Gasteiger partial charge in [-0.2, -0.15) is 0 Å². The number of thiazole rings is 1. The van der Waals surface area contributed by atoms with Gasteiger partial charge in [-0.3, -0.25) is 14.6 Å². The zero-order valence-corrected chi connectivity index (χ0v) is 16.1.